The lowest BCUT2D eigenvalue weighted by molar-refractivity contribution is 0.100. The molecule has 1 aromatic carbocycles. The summed E-state index contributed by atoms with van der Waals surface area (Å²) in [6.07, 6.45) is 5.33. The van der Waals surface area contributed by atoms with E-state index in [-0.39, 0.29) is 0 Å². The largest absolute Gasteiger partial charge is 0.366 e. The number of halogens is 1. The molecule has 0 saturated carbocycles. The topological polar surface area (TPSA) is 85.3 Å². The summed E-state index contributed by atoms with van der Waals surface area (Å²) in [6, 6.07) is 6.89. The first-order valence-electron chi connectivity index (χ1n) is 5.79. The van der Waals surface area contributed by atoms with Crippen LogP contribution in [0, 0.1) is 3.70 Å². The van der Waals surface area contributed by atoms with Gasteiger partial charge in [0.2, 0.25) is 5.91 Å². The summed E-state index contributed by atoms with van der Waals surface area (Å²) in [5.74, 6) is 0.210. The van der Waals surface area contributed by atoms with Crippen molar-refractivity contribution in [2.75, 3.05) is 5.32 Å². The number of nitrogens with one attached hydrogen (secondary N) is 1. The standard InChI is InChI=1S/C13H10IN5O/c14-10-7-17-13-12(16-5-6-19(10)13)18-9-3-1-8(2-4-9)11(15)20/h1-7H,(H2,15,20)(H,16,18). The van der Waals surface area contributed by atoms with Crippen LogP contribution >= 0.6 is 22.6 Å². The molecule has 0 atom stereocenters. The zero-order valence-electron chi connectivity index (χ0n) is 10.2. The molecular formula is C13H10IN5O. The van der Waals surface area contributed by atoms with Crippen LogP contribution < -0.4 is 11.1 Å². The highest BCUT2D eigenvalue weighted by molar-refractivity contribution is 14.1. The smallest absolute Gasteiger partial charge is 0.248 e. The van der Waals surface area contributed by atoms with Crippen LogP contribution in [-0.4, -0.2) is 20.3 Å². The zero-order valence-corrected chi connectivity index (χ0v) is 12.4. The Bertz CT molecular complexity index is 781. The van der Waals surface area contributed by atoms with Crippen molar-refractivity contribution in [1.82, 2.24) is 14.4 Å². The number of rotatable bonds is 3. The van der Waals surface area contributed by atoms with Crippen molar-refractivity contribution in [1.29, 1.82) is 0 Å². The van der Waals surface area contributed by atoms with E-state index in [1.54, 1.807) is 36.7 Å². The number of hydrogen-bond donors (Lipinski definition) is 2. The molecule has 1 amide bonds. The van der Waals surface area contributed by atoms with E-state index < -0.39 is 5.91 Å². The molecule has 0 spiro atoms. The van der Waals surface area contributed by atoms with E-state index in [2.05, 4.69) is 37.9 Å². The summed E-state index contributed by atoms with van der Waals surface area (Å²) in [6.45, 7) is 0. The van der Waals surface area contributed by atoms with E-state index in [9.17, 15) is 4.79 Å². The summed E-state index contributed by atoms with van der Waals surface area (Å²) in [4.78, 5) is 19.6. The van der Waals surface area contributed by atoms with Gasteiger partial charge in [0.1, 0.15) is 3.70 Å². The summed E-state index contributed by atoms with van der Waals surface area (Å²) >= 11 is 2.21. The number of benzene rings is 1. The molecule has 20 heavy (non-hydrogen) atoms. The minimum atomic E-state index is -0.445. The van der Waals surface area contributed by atoms with E-state index in [1.807, 2.05) is 10.6 Å². The molecule has 3 aromatic rings. The van der Waals surface area contributed by atoms with Crippen LogP contribution in [0.2, 0.25) is 0 Å². The van der Waals surface area contributed by atoms with Crippen molar-refractivity contribution < 1.29 is 4.79 Å². The SMILES string of the molecule is NC(=O)c1ccc(Nc2nccn3c(I)cnc23)cc1. The fraction of sp³-hybridized carbons (Fsp3) is 0. The van der Waals surface area contributed by atoms with Gasteiger partial charge in [0.25, 0.3) is 0 Å². The van der Waals surface area contributed by atoms with E-state index >= 15 is 0 Å². The van der Waals surface area contributed by atoms with Gasteiger partial charge in [0.05, 0.1) is 6.20 Å². The first kappa shape index (κ1) is 12.9. The van der Waals surface area contributed by atoms with Gasteiger partial charge in [-0.2, -0.15) is 0 Å². The molecule has 2 aromatic heterocycles. The average molecular weight is 379 g/mol. The van der Waals surface area contributed by atoms with Crippen molar-refractivity contribution >= 4 is 45.7 Å². The van der Waals surface area contributed by atoms with Crippen molar-refractivity contribution in [3.63, 3.8) is 0 Å². The first-order valence-corrected chi connectivity index (χ1v) is 6.87. The van der Waals surface area contributed by atoms with Crippen LogP contribution in [0.15, 0.2) is 42.9 Å². The maximum Gasteiger partial charge on any atom is 0.248 e. The molecular weight excluding hydrogens is 369 g/mol. The number of aromatic nitrogens is 3. The Morgan fingerprint density at radius 2 is 2.00 bits per heavy atom. The lowest BCUT2D eigenvalue weighted by Crippen LogP contribution is -2.10. The predicted molar refractivity (Wildman–Crippen MR) is 83.9 cm³/mol. The van der Waals surface area contributed by atoms with Crippen LogP contribution in [-0.2, 0) is 0 Å². The van der Waals surface area contributed by atoms with Crippen molar-refractivity contribution in [3.05, 3.63) is 52.1 Å². The number of nitrogens with two attached hydrogens (primary N) is 1. The summed E-state index contributed by atoms with van der Waals surface area (Å²) in [5.41, 5.74) is 7.24. The summed E-state index contributed by atoms with van der Waals surface area (Å²) in [7, 11) is 0. The number of carbonyl (C=O) groups is 1. The number of amides is 1. The van der Waals surface area contributed by atoms with Crippen LogP contribution in [0.4, 0.5) is 11.5 Å². The monoisotopic (exact) mass is 379 g/mol. The normalized spacial score (nSPS) is 10.7. The quantitative estimate of drug-likeness (QED) is 0.684. The highest BCUT2D eigenvalue weighted by Gasteiger charge is 2.07. The molecule has 3 N–H and O–H groups in total. The maximum absolute atomic E-state index is 11.0. The second-order valence-corrected chi connectivity index (χ2v) is 5.22. The Balaban J connectivity index is 1.95. The first-order chi connectivity index (χ1) is 9.65. The molecule has 0 bridgehead atoms. The third kappa shape index (κ3) is 2.31. The number of nitrogens with zero attached hydrogens (tertiary/aromatic N) is 3. The van der Waals surface area contributed by atoms with Gasteiger partial charge in [-0.05, 0) is 46.9 Å². The zero-order chi connectivity index (χ0) is 14.1. The summed E-state index contributed by atoms with van der Waals surface area (Å²) < 4.78 is 2.94. The molecule has 0 saturated heterocycles. The molecule has 0 aliphatic carbocycles. The molecule has 6 nitrogen and oxygen atoms in total. The Morgan fingerprint density at radius 3 is 2.70 bits per heavy atom. The molecule has 0 aliphatic heterocycles. The van der Waals surface area contributed by atoms with Crippen molar-refractivity contribution in [2.24, 2.45) is 5.73 Å². The van der Waals surface area contributed by atoms with Crippen LogP contribution in [0.3, 0.4) is 0 Å². The van der Waals surface area contributed by atoms with E-state index in [0.29, 0.717) is 11.4 Å². The highest BCUT2D eigenvalue weighted by Crippen LogP contribution is 2.20. The summed E-state index contributed by atoms with van der Waals surface area (Å²) in [5, 5.41) is 3.18. The van der Waals surface area contributed by atoms with Gasteiger partial charge in [-0.1, -0.05) is 0 Å². The Hall–Kier alpha value is -2.16. The molecule has 2 heterocycles. The minimum Gasteiger partial charge on any atom is -0.366 e. The third-order valence-corrected chi connectivity index (χ3v) is 3.61. The van der Waals surface area contributed by atoms with Gasteiger partial charge in [0, 0.05) is 23.6 Å². The number of anilines is 2. The maximum atomic E-state index is 11.0. The van der Waals surface area contributed by atoms with E-state index in [1.165, 1.54) is 0 Å². The second kappa shape index (κ2) is 5.08. The van der Waals surface area contributed by atoms with E-state index in [4.69, 9.17) is 5.73 Å². The Morgan fingerprint density at radius 1 is 1.25 bits per heavy atom. The molecule has 0 aliphatic rings. The number of hydrogen-bond acceptors (Lipinski definition) is 4. The molecule has 3 rings (SSSR count). The number of imidazole rings is 1. The molecule has 7 heteroatoms. The van der Waals surface area contributed by atoms with E-state index in [0.717, 1.165) is 15.0 Å². The highest BCUT2D eigenvalue weighted by atomic mass is 127. The van der Waals surface area contributed by atoms with Crippen molar-refractivity contribution in [3.8, 4) is 0 Å². The Kier molecular flexibility index (Phi) is 3.26. The average Bonchev–Trinajstić information content (AvgIpc) is 2.82. The number of carbonyl (C=O) groups excluding carboxylic acids is 1. The van der Waals surface area contributed by atoms with Gasteiger partial charge < -0.3 is 11.1 Å². The molecule has 0 radical (unpaired) electrons. The number of fused-ring (bicyclic) bond motifs is 1. The fourth-order valence-corrected chi connectivity index (χ4v) is 2.36. The lowest BCUT2D eigenvalue weighted by Gasteiger charge is -2.07. The van der Waals surface area contributed by atoms with Gasteiger partial charge in [-0.3, -0.25) is 9.20 Å². The van der Waals surface area contributed by atoms with Gasteiger partial charge in [-0.25, -0.2) is 9.97 Å². The molecule has 100 valence electrons. The predicted octanol–water partition coefficient (Wildman–Crippen LogP) is 2.18. The van der Waals surface area contributed by atoms with Crippen LogP contribution in [0.1, 0.15) is 10.4 Å². The lowest BCUT2D eigenvalue weighted by atomic mass is 10.2. The molecule has 0 fully saturated rings. The van der Waals surface area contributed by atoms with Crippen LogP contribution in [0.25, 0.3) is 5.65 Å². The van der Waals surface area contributed by atoms with Crippen LogP contribution in [0.5, 0.6) is 0 Å². The Labute approximate surface area is 128 Å². The van der Waals surface area contributed by atoms with Gasteiger partial charge in [-0.15, -0.1) is 0 Å². The minimum absolute atomic E-state index is 0.445. The van der Waals surface area contributed by atoms with Gasteiger partial charge in [0.15, 0.2) is 11.5 Å². The van der Waals surface area contributed by atoms with Crippen molar-refractivity contribution in [2.45, 2.75) is 0 Å². The second-order valence-electron chi connectivity index (χ2n) is 4.12. The molecule has 0 unspecified atom stereocenters. The fourth-order valence-electron chi connectivity index (χ4n) is 1.83. The third-order valence-electron chi connectivity index (χ3n) is 2.82. The number of primary amides is 1. The van der Waals surface area contributed by atoms with Gasteiger partial charge >= 0.3 is 0 Å².